The van der Waals surface area contributed by atoms with Crippen molar-refractivity contribution in [2.45, 2.75) is 22.1 Å². The Balaban J connectivity index is 1.49. The summed E-state index contributed by atoms with van der Waals surface area (Å²) in [5.41, 5.74) is 1.29. The summed E-state index contributed by atoms with van der Waals surface area (Å²) in [7, 11) is 3.55. The second-order valence-electron chi connectivity index (χ2n) is 8.62. The number of rotatable bonds is 7. The third-order valence-electron chi connectivity index (χ3n) is 6.38. The zero-order valence-electron chi connectivity index (χ0n) is 20.2. The van der Waals surface area contributed by atoms with Crippen molar-refractivity contribution in [1.82, 2.24) is 10.3 Å². The fraction of sp³-hybridized carbons (Fsp3) is 0.179. The number of anilines is 2. The number of ether oxygens (including phenoxy) is 1. The average Bonchev–Trinajstić information content (AvgIpc) is 3.47. The van der Waals surface area contributed by atoms with Gasteiger partial charge in [0.2, 0.25) is 5.91 Å². The number of nitrogens with one attached hydrogen (secondary N) is 1. The van der Waals surface area contributed by atoms with Gasteiger partial charge in [-0.1, -0.05) is 29.8 Å². The molecule has 1 aliphatic heterocycles. The molecule has 2 atom stereocenters. The number of carbonyl (C=O) groups excluding carboxylic acids is 2. The Morgan fingerprint density at radius 2 is 1.86 bits per heavy atom. The van der Waals surface area contributed by atoms with Crippen molar-refractivity contribution < 1.29 is 14.3 Å². The molecule has 0 spiro atoms. The van der Waals surface area contributed by atoms with Crippen LogP contribution >= 0.6 is 34.7 Å². The van der Waals surface area contributed by atoms with Gasteiger partial charge in [0.05, 0.1) is 17.8 Å². The van der Waals surface area contributed by atoms with Gasteiger partial charge in [-0.05, 0) is 70.9 Å². The summed E-state index contributed by atoms with van der Waals surface area (Å²) in [5, 5.41) is 6.69. The molecule has 1 saturated heterocycles. The number of aromatic nitrogens is 1. The van der Waals surface area contributed by atoms with E-state index >= 15 is 0 Å². The van der Waals surface area contributed by atoms with Gasteiger partial charge in [-0.3, -0.25) is 9.59 Å². The van der Waals surface area contributed by atoms with Crippen LogP contribution in [0.1, 0.15) is 17.7 Å². The molecule has 37 heavy (non-hydrogen) atoms. The first-order chi connectivity index (χ1) is 17.9. The van der Waals surface area contributed by atoms with Crippen LogP contribution in [-0.2, 0) is 15.1 Å². The SMILES string of the molecule is COc1ccc(N(C)c2cccc(C3(c4ccsc4)CC(=O)C(Sc4ccccc4Cl)C(=O)N3)n2)cc1. The first kappa shape index (κ1) is 25.3. The lowest BCUT2D eigenvalue weighted by Crippen LogP contribution is -2.58. The maximum absolute atomic E-state index is 13.5. The van der Waals surface area contributed by atoms with Crippen LogP contribution in [0.3, 0.4) is 0 Å². The second kappa shape index (κ2) is 10.6. The van der Waals surface area contributed by atoms with Crippen molar-refractivity contribution in [2.75, 3.05) is 19.1 Å². The minimum Gasteiger partial charge on any atom is -0.497 e. The Kier molecular flexibility index (Phi) is 7.24. The van der Waals surface area contributed by atoms with E-state index in [1.807, 2.05) is 89.4 Å². The van der Waals surface area contributed by atoms with E-state index in [0.717, 1.165) is 17.0 Å². The smallest absolute Gasteiger partial charge is 0.242 e. The van der Waals surface area contributed by atoms with E-state index in [-0.39, 0.29) is 18.1 Å². The Bertz CT molecular complexity index is 1410. The molecule has 5 rings (SSSR count). The number of piperidine rings is 1. The number of Topliss-reactive ketones (excluding diaryl/α,β-unsaturated/α-hetero) is 1. The predicted molar refractivity (Wildman–Crippen MR) is 149 cm³/mol. The molecular weight excluding hydrogens is 526 g/mol. The normalized spacial score (nSPS) is 19.4. The highest BCUT2D eigenvalue weighted by Gasteiger charge is 2.48. The van der Waals surface area contributed by atoms with Crippen molar-refractivity contribution >= 4 is 57.9 Å². The quantitative estimate of drug-likeness (QED) is 0.282. The molecule has 2 aromatic heterocycles. The molecule has 2 aromatic carbocycles. The van der Waals surface area contributed by atoms with Gasteiger partial charge in [-0.25, -0.2) is 4.98 Å². The van der Waals surface area contributed by atoms with Crippen molar-refractivity contribution in [3.8, 4) is 5.75 Å². The number of pyridine rings is 1. The summed E-state index contributed by atoms with van der Waals surface area (Å²) in [6.07, 6.45) is 0.0836. The van der Waals surface area contributed by atoms with Gasteiger partial charge >= 0.3 is 0 Å². The van der Waals surface area contributed by atoms with Crippen LogP contribution in [0.4, 0.5) is 11.5 Å². The van der Waals surface area contributed by atoms with Gasteiger partial charge in [0.25, 0.3) is 0 Å². The number of nitrogens with zero attached hydrogens (tertiary/aromatic N) is 2. The molecule has 0 radical (unpaired) electrons. The topological polar surface area (TPSA) is 71.5 Å². The number of ketones is 1. The van der Waals surface area contributed by atoms with Crippen molar-refractivity contribution in [3.63, 3.8) is 0 Å². The van der Waals surface area contributed by atoms with E-state index in [9.17, 15) is 9.59 Å². The number of thiophene rings is 1. The van der Waals surface area contributed by atoms with Crippen LogP contribution in [-0.4, -0.2) is 36.1 Å². The molecule has 1 fully saturated rings. The lowest BCUT2D eigenvalue weighted by Gasteiger charge is -2.39. The van der Waals surface area contributed by atoms with Gasteiger partial charge in [-0.15, -0.1) is 11.8 Å². The number of halogens is 1. The molecule has 9 heteroatoms. The third-order valence-corrected chi connectivity index (χ3v) is 8.82. The zero-order chi connectivity index (χ0) is 26.0. The highest BCUT2D eigenvalue weighted by atomic mass is 35.5. The Morgan fingerprint density at radius 3 is 2.54 bits per heavy atom. The lowest BCUT2D eigenvalue weighted by molar-refractivity contribution is -0.133. The number of carbonyl (C=O) groups is 2. The Labute approximate surface area is 228 Å². The van der Waals surface area contributed by atoms with Crippen LogP contribution in [0.5, 0.6) is 5.75 Å². The molecule has 0 saturated carbocycles. The van der Waals surface area contributed by atoms with E-state index in [2.05, 4.69) is 5.32 Å². The minimum atomic E-state index is -1.07. The number of hydrogen-bond acceptors (Lipinski definition) is 7. The van der Waals surface area contributed by atoms with E-state index in [1.54, 1.807) is 13.2 Å². The minimum absolute atomic E-state index is 0.0836. The maximum Gasteiger partial charge on any atom is 0.242 e. The highest BCUT2D eigenvalue weighted by Crippen LogP contribution is 2.41. The number of hydrogen-bond donors (Lipinski definition) is 1. The second-order valence-corrected chi connectivity index (χ2v) is 11.0. The van der Waals surface area contributed by atoms with Gasteiger partial charge in [0.15, 0.2) is 5.78 Å². The molecule has 4 aromatic rings. The van der Waals surface area contributed by atoms with Crippen LogP contribution in [0.15, 0.2) is 88.5 Å². The molecule has 1 aliphatic rings. The monoisotopic (exact) mass is 549 g/mol. The standard InChI is InChI=1S/C28H24ClN3O3S2/c1-32(19-10-12-20(35-2)13-11-19)25-9-5-8-24(30-25)28(18-14-15-36-17-18)16-22(33)26(27(34)31-28)37-23-7-4-3-6-21(23)29/h3-15,17,26H,16H2,1-2H3,(H,31,34). The first-order valence-corrected chi connectivity index (χ1v) is 13.8. The van der Waals surface area contributed by atoms with Crippen molar-refractivity contribution in [2.24, 2.45) is 0 Å². The van der Waals surface area contributed by atoms with Gasteiger partial charge in [-0.2, -0.15) is 11.3 Å². The Morgan fingerprint density at radius 1 is 1.08 bits per heavy atom. The van der Waals surface area contributed by atoms with Crippen molar-refractivity contribution in [1.29, 1.82) is 0 Å². The number of methoxy groups -OCH3 is 1. The zero-order valence-corrected chi connectivity index (χ0v) is 22.6. The molecule has 2 unspecified atom stereocenters. The number of benzene rings is 2. The summed E-state index contributed by atoms with van der Waals surface area (Å²) in [6.45, 7) is 0. The van der Waals surface area contributed by atoms with Crippen LogP contribution < -0.4 is 15.0 Å². The fourth-order valence-electron chi connectivity index (χ4n) is 4.38. The molecule has 1 amide bonds. The van der Waals surface area contributed by atoms with E-state index in [1.165, 1.54) is 23.1 Å². The number of thioether (sulfide) groups is 1. The molecule has 0 bridgehead atoms. The molecule has 188 valence electrons. The molecule has 0 aliphatic carbocycles. The predicted octanol–water partition coefficient (Wildman–Crippen LogP) is 6.07. The number of amides is 1. The lowest BCUT2D eigenvalue weighted by atomic mass is 9.79. The third kappa shape index (κ3) is 4.97. The van der Waals surface area contributed by atoms with E-state index in [0.29, 0.717) is 21.4 Å². The van der Waals surface area contributed by atoms with E-state index < -0.39 is 10.8 Å². The van der Waals surface area contributed by atoms with Crippen LogP contribution in [0.2, 0.25) is 5.02 Å². The Hall–Kier alpha value is -3.33. The summed E-state index contributed by atoms with van der Waals surface area (Å²) in [5.74, 6) is 0.924. The average molecular weight is 550 g/mol. The van der Waals surface area contributed by atoms with E-state index in [4.69, 9.17) is 21.3 Å². The summed E-state index contributed by atoms with van der Waals surface area (Å²) >= 11 is 8.99. The van der Waals surface area contributed by atoms with Gasteiger partial charge < -0.3 is 15.0 Å². The largest absolute Gasteiger partial charge is 0.497 e. The fourth-order valence-corrected chi connectivity index (χ4v) is 6.35. The maximum atomic E-state index is 13.5. The first-order valence-electron chi connectivity index (χ1n) is 11.6. The van der Waals surface area contributed by atoms with Crippen LogP contribution in [0, 0.1) is 0 Å². The molecule has 1 N–H and O–H groups in total. The van der Waals surface area contributed by atoms with Gasteiger partial charge in [0, 0.05) is 24.1 Å². The van der Waals surface area contributed by atoms with Gasteiger partial charge in [0.1, 0.15) is 22.4 Å². The summed E-state index contributed by atoms with van der Waals surface area (Å²) < 4.78 is 5.27. The highest BCUT2D eigenvalue weighted by molar-refractivity contribution is 8.01. The van der Waals surface area contributed by atoms with Crippen molar-refractivity contribution in [3.05, 3.63) is 99.8 Å². The molecule has 6 nitrogen and oxygen atoms in total. The summed E-state index contributed by atoms with van der Waals surface area (Å²) in [4.78, 5) is 34.6. The van der Waals surface area contributed by atoms with Crippen LogP contribution in [0.25, 0.3) is 0 Å². The molecule has 3 heterocycles. The molecular formula is C28H24ClN3O3S2. The summed E-state index contributed by atoms with van der Waals surface area (Å²) in [6, 6.07) is 22.5.